The monoisotopic (exact) mass is 308 g/mol. The summed E-state index contributed by atoms with van der Waals surface area (Å²) in [6, 6.07) is 12.5. The molecule has 0 saturated heterocycles. The minimum Gasteiger partial charge on any atom is -0.397 e. The molecule has 0 bridgehead atoms. The first kappa shape index (κ1) is 12.9. The van der Waals surface area contributed by atoms with Crippen LogP contribution in [-0.4, -0.2) is 7.05 Å². The number of hydrogen-bond acceptors (Lipinski definition) is 2. The van der Waals surface area contributed by atoms with Crippen LogP contribution in [0.2, 0.25) is 0 Å². The van der Waals surface area contributed by atoms with Crippen molar-refractivity contribution in [3.63, 3.8) is 0 Å². The van der Waals surface area contributed by atoms with Crippen molar-refractivity contribution in [1.29, 1.82) is 0 Å². The molecule has 2 N–H and O–H groups in total. The third-order valence-electron chi connectivity index (χ3n) is 2.77. The van der Waals surface area contributed by atoms with Crippen molar-refractivity contribution in [3.05, 3.63) is 58.3 Å². The van der Waals surface area contributed by atoms with Crippen molar-refractivity contribution in [1.82, 2.24) is 0 Å². The Morgan fingerprint density at radius 1 is 1.22 bits per heavy atom. The van der Waals surface area contributed by atoms with Crippen LogP contribution in [0.1, 0.15) is 5.56 Å². The van der Waals surface area contributed by atoms with Gasteiger partial charge >= 0.3 is 0 Å². The Balaban J connectivity index is 2.22. The molecule has 2 aromatic carbocycles. The van der Waals surface area contributed by atoms with Crippen LogP contribution in [0.3, 0.4) is 0 Å². The van der Waals surface area contributed by atoms with E-state index in [1.807, 2.05) is 36.2 Å². The molecule has 0 aromatic heterocycles. The molecular weight excluding hydrogens is 295 g/mol. The highest BCUT2D eigenvalue weighted by Crippen LogP contribution is 2.26. The van der Waals surface area contributed by atoms with Crippen LogP contribution in [0.25, 0.3) is 0 Å². The molecule has 0 spiro atoms. The SMILES string of the molecule is CN(Cc1ccccc1Br)c1ccc(F)cc1N. The molecule has 2 nitrogen and oxygen atoms in total. The summed E-state index contributed by atoms with van der Waals surface area (Å²) in [5.74, 6) is -0.314. The number of hydrogen-bond donors (Lipinski definition) is 1. The molecule has 4 heteroatoms. The van der Waals surface area contributed by atoms with Crippen LogP contribution >= 0.6 is 15.9 Å². The van der Waals surface area contributed by atoms with Gasteiger partial charge in [0.1, 0.15) is 5.82 Å². The fourth-order valence-electron chi connectivity index (χ4n) is 1.84. The quantitative estimate of drug-likeness (QED) is 0.874. The molecule has 0 amide bonds. The van der Waals surface area contributed by atoms with Gasteiger partial charge in [-0.1, -0.05) is 34.1 Å². The highest BCUT2D eigenvalue weighted by molar-refractivity contribution is 9.10. The molecule has 0 atom stereocenters. The van der Waals surface area contributed by atoms with E-state index in [0.29, 0.717) is 12.2 Å². The Morgan fingerprint density at radius 3 is 2.61 bits per heavy atom. The van der Waals surface area contributed by atoms with Gasteiger partial charge in [0.15, 0.2) is 0 Å². The van der Waals surface area contributed by atoms with Gasteiger partial charge in [-0.25, -0.2) is 4.39 Å². The zero-order valence-corrected chi connectivity index (χ0v) is 11.6. The molecule has 0 aliphatic carbocycles. The van der Waals surface area contributed by atoms with Gasteiger partial charge in [0, 0.05) is 18.1 Å². The molecule has 0 saturated carbocycles. The summed E-state index contributed by atoms with van der Waals surface area (Å²) in [6.45, 7) is 0.706. The Kier molecular flexibility index (Phi) is 3.87. The third kappa shape index (κ3) is 2.82. The Bertz CT molecular complexity index is 557. The van der Waals surface area contributed by atoms with E-state index in [1.165, 1.54) is 12.1 Å². The zero-order chi connectivity index (χ0) is 13.1. The highest BCUT2D eigenvalue weighted by Gasteiger charge is 2.08. The van der Waals surface area contributed by atoms with Gasteiger partial charge in [-0.15, -0.1) is 0 Å². The lowest BCUT2D eigenvalue weighted by Gasteiger charge is -2.21. The van der Waals surface area contributed by atoms with E-state index in [2.05, 4.69) is 15.9 Å². The maximum atomic E-state index is 13.0. The topological polar surface area (TPSA) is 29.3 Å². The lowest BCUT2D eigenvalue weighted by Crippen LogP contribution is -2.18. The Hall–Kier alpha value is -1.55. The van der Waals surface area contributed by atoms with Gasteiger partial charge < -0.3 is 10.6 Å². The first-order valence-corrected chi connectivity index (χ1v) is 6.37. The highest BCUT2D eigenvalue weighted by atomic mass is 79.9. The van der Waals surface area contributed by atoms with Crippen LogP contribution in [-0.2, 0) is 6.54 Å². The van der Waals surface area contributed by atoms with Gasteiger partial charge in [-0.3, -0.25) is 0 Å². The fourth-order valence-corrected chi connectivity index (χ4v) is 2.25. The number of benzene rings is 2. The van der Waals surface area contributed by atoms with Crippen LogP contribution in [0.4, 0.5) is 15.8 Å². The third-order valence-corrected chi connectivity index (χ3v) is 3.54. The van der Waals surface area contributed by atoms with E-state index in [0.717, 1.165) is 15.7 Å². The largest absolute Gasteiger partial charge is 0.397 e. The van der Waals surface area contributed by atoms with Crippen LogP contribution in [0.15, 0.2) is 46.9 Å². The molecule has 94 valence electrons. The zero-order valence-electron chi connectivity index (χ0n) is 10.0. The number of anilines is 2. The van der Waals surface area contributed by atoms with Gasteiger partial charge in [-0.05, 0) is 29.8 Å². The van der Waals surface area contributed by atoms with Gasteiger partial charge in [0.2, 0.25) is 0 Å². The number of nitrogens with zero attached hydrogens (tertiary/aromatic N) is 1. The average Bonchev–Trinajstić information content (AvgIpc) is 2.32. The molecule has 0 fully saturated rings. The number of halogens is 2. The van der Waals surface area contributed by atoms with Crippen molar-refractivity contribution >= 4 is 27.3 Å². The summed E-state index contributed by atoms with van der Waals surface area (Å²) in [4.78, 5) is 1.99. The van der Waals surface area contributed by atoms with Crippen molar-refractivity contribution in [3.8, 4) is 0 Å². The van der Waals surface area contributed by atoms with Crippen molar-refractivity contribution in [2.45, 2.75) is 6.54 Å². The van der Waals surface area contributed by atoms with Crippen LogP contribution in [0, 0.1) is 5.82 Å². The summed E-state index contributed by atoms with van der Waals surface area (Å²) in [5.41, 5.74) is 8.25. The summed E-state index contributed by atoms with van der Waals surface area (Å²) < 4.78 is 14.0. The lowest BCUT2D eigenvalue weighted by molar-refractivity contribution is 0.628. The van der Waals surface area contributed by atoms with Gasteiger partial charge in [-0.2, -0.15) is 0 Å². The van der Waals surface area contributed by atoms with E-state index in [9.17, 15) is 4.39 Å². The predicted molar refractivity (Wildman–Crippen MR) is 77.1 cm³/mol. The second-order valence-electron chi connectivity index (χ2n) is 4.15. The van der Waals surface area contributed by atoms with Crippen LogP contribution < -0.4 is 10.6 Å². The number of nitrogens with two attached hydrogens (primary N) is 1. The first-order chi connectivity index (χ1) is 8.58. The number of rotatable bonds is 3. The summed E-state index contributed by atoms with van der Waals surface area (Å²) in [7, 11) is 1.93. The van der Waals surface area contributed by atoms with Gasteiger partial charge in [0.25, 0.3) is 0 Å². The second kappa shape index (κ2) is 5.40. The number of nitrogen functional groups attached to an aromatic ring is 1. The second-order valence-corrected chi connectivity index (χ2v) is 5.00. The maximum Gasteiger partial charge on any atom is 0.125 e. The molecule has 0 heterocycles. The van der Waals surface area contributed by atoms with Gasteiger partial charge in [0.05, 0.1) is 11.4 Å². The lowest BCUT2D eigenvalue weighted by atomic mass is 10.2. The molecule has 0 radical (unpaired) electrons. The molecule has 0 aliphatic rings. The summed E-state index contributed by atoms with van der Waals surface area (Å²) >= 11 is 3.51. The molecule has 2 rings (SSSR count). The standard InChI is InChI=1S/C14H14BrFN2/c1-18(9-10-4-2-3-5-12(10)15)14-7-6-11(16)8-13(14)17/h2-8H,9,17H2,1H3. The molecule has 2 aromatic rings. The minimum atomic E-state index is -0.314. The molecule has 0 aliphatic heterocycles. The van der Waals surface area contributed by atoms with E-state index in [-0.39, 0.29) is 5.82 Å². The van der Waals surface area contributed by atoms with E-state index < -0.39 is 0 Å². The van der Waals surface area contributed by atoms with Crippen molar-refractivity contribution in [2.24, 2.45) is 0 Å². The van der Waals surface area contributed by atoms with Crippen molar-refractivity contribution < 1.29 is 4.39 Å². The average molecular weight is 309 g/mol. The first-order valence-electron chi connectivity index (χ1n) is 5.57. The smallest absolute Gasteiger partial charge is 0.125 e. The molecule has 0 unspecified atom stereocenters. The Morgan fingerprint density at radius 2 is 1.94 bits per heavy atom. The predicted octanol–water partition coefficient (Wildman–Crippen LogP) is 3.81. The molecule has 18 heavy (non-hydrogen) atoms. The summed E-state index contributed by atoms with van der Waals surface area (Å²) in [6.07, 6.45) is 0. The van der Waals surface area contributed by atoms with Crippen molar-refractivity contribution in [2.75, 3.05) is 17.7 Å². The van der Waals surface area contributed by atoms with E-state index >= 15 is 0 Å². The van der Waals surface area contributed by atoms with E-state index in [1.54, 1.807) is 6.07 Å². The maximum absolute atomic E-state index is 13.0. The Labute approximate surface area is 114 Å². The summed E-state index contributed by atoms with van der Waals surface area (Å²) in [5, 5.41) is 0. The minimum absolute atomic E-state index is 0.314. The normalized spacial score (nSPS) is 10.4. The van der Waals surface area contributed by atoms with E-state index in [4.69, 9.17) is 5.73 Å². The molecular formula is C14H14BrFN2. The van der Waals surface area contributed by atoms with Crippen LogP contribution in [0.5, 0.6) is 0 Å². The fraction of sp³-hybridized carbons (Fsp3) is 0.143.